The van der Waals surface area contributed by atoms with Gasteiger partial charge in [0.25, 0.3) is 0 Å². The van der Waals surface area contributed by atoms with Gasteiger partial charge in [-0.15, -0.1) is 0 Å². The highest BCUT2D eigenvalue weighted by Crippen LogP contribution is 2.33. The van der Waals surface area contributed by atoms with Gasteiger partial charge in [-0.05, 0) is 18.4 Å². The van der Waals surface area contributed by atoms with Crippen molar-refractivity contribution in [3.8, 4) is 0 Å². The second kappa shape index (κ2) is 4.59. The van der Waals surface area contributed by atoms with Gasteiger partial charge in [0.15, 0.2) is 0 Å². The third-order valence-corrected chi connectivity index (χ3v) is 3.19. The van der Waals surface area contributed by atoms with Gasteiger partial charge >= 0.3 is 11.7 Å². The first kappa shape index (κ1) is 12.3. The predicted octanol–water partition coefficient (Wildman–Crippen LogP) is 1.29. The van der Waals surface area contributed by atoms with Crippen molar-refractivity contribution < 1.29 is 14.8 Å². The number of hydrogen-bond acceptors (Lipinski definition) is 5. The van der Waals surface area contributed by atoms with Crippen LogP contribution in [0.25, 0.3) is 0 Å². The lowest BCUT2D eigenvalue weighted by molar-refractivity contribution is -0.384. The van der Waals surface area contributed by atoms with Crippen molar-refractivity contribution in [1.82, 2.24) is 4.98 Å². The van der Waals surface area contributed by atoms with E-state index in [0.29, 0.717) is 13.0 Å². The van der Waals surface area contributed by atoms with Gasteiger partial charge in [0, 0.05) is 18.8 Å². The first-order chi connectivity index (χ1) is 8.52. The molecule has 1 saturated heterocycles. The molecule has 7 heteroatoms. The van der Waals surface area contributed by atoms with E-state index in [4.69, 9.17) is 0 Å². The summed E-state index contributed by atoms with van der Waals surface area (Å²) in [5.74, 6) is -0.886. The minimum atomic E-state index is -0.972. The maximum Gasteiger partial charge on any atom is 0.326 e. The summed E-state index contributed by atoms with van der Waals surface area (Å²) in [6.45, 7) is 2.30. The highest BCUT2D eigenvalue weighted by Gasteiger charge is 2.39. The minimum absolute atomic E-state index is 0.0517. The third kappa shape index (κ3) is 1.99. The molecule has 1 N–H and O–H groups in total. The van der Waals surface area contributed by atoms with E-state index in [1.54, 1.807) is 0 Å². The molecule has 1 aliphatic rings. The van der Waals surface area contributed by atoms with Gasteiger partial charge in [0.2, 0.25) is 5.82 Å². The van der Waals surface area contributed by atoms with Gasteiger partial charge in [0.1, 0.15) is 6.04 Å². The molecule has 0 spiro atoms. The summed E-state index contributed by atoms with van der Waals surface area (Å²) in [5.41, 5.74) is -0.155. The van der Waals surface area contributed by atoms with Gasteiger partial charge in [0.05, 0.1) is 4.92 Å². The van der Waals surface area contributed by atoms with E-state index in [1.165, 1.54) is 23.2 Å². The predicted molar refractivity (Wildman–Crippen MR) is 63.4 cm³/mol. The number of hydrogen-bond donors (Lipinski definition) is 1. The smallest absolute Gasteiger partial charge is 0.326 e. The van der Waals surface area contributed by atoms with Crippen LogP contribution in [0.2, 0.25) is 0 Å². The van der Waals surface area contributed by atoms with Crippen molar-refractivity contribution in [1.29, 1.82) is 0 Å². The Labute approximate surface area is 103 Å². The maximum atomic E-state index is 11.2. The van der Waals surface area contributed by atoms with Crippen LogP contribution in [0, 0.1) is 16.0 Å². The van der Waals surface area contributed by atoms with E-state index < -0.39 is 16.9 Å². The molecule has 2 rings (SSSR count). The number of pyridine rings is 1. The van der Waals surface area contributed by atoms with E-state index in [-0.39, 0.29) is 17.4 Å². The largest absolute Gasteiger partial charge is 0.480 e. The summed E-state index contributed by atoms with van der Waals surface area (Å²) >= 11 is 0. The van der Waals surface area contributed by atoms with Crippen molar-refractivity contribution in [2.75, 3.05) is 11.4 Å². The van der Waals surface area contributed by atoms with E-state index in [1.807, 2.05) is 6.92 Å². The van der Waals surface area contributed by atoms with Gasteiger partial charge < -0.3 is 10.0 Å². The Hall–Kier alpha value is -2.18. The summed E-state index contributed by atoms with van der Waals surface area (Å²) < 4.78 is 0. The number of aliphatic carboxylic acids is 1. The van der Waals surface area contributed by atoms with Gasteiger partial charge in [-0.2, -0.15) is 0 Å². The Morgan fingerprint density at radius 3 is 3.00 bits per heavy atom. The van der Waals surface area contributed by atoms with Crippen molar-refractivity contribution >= 4 is 17.5 Å². The molecule has 7 nitrogen and oxygen atoms in total. The molecule has 2 unspecified atom stereocenters. The van der Waals surface area contributed by atoms with Gasteiger partial charge in [-0.1, -0.05) is 6.92 Å². The number of carboxylic acid groups (broad SMARTS) is 1. The fourth-order valence-electron chi connectivity index (χ4n) is 2.31. The van der Waals surface area contributed by atoms with Crippen LogP contribution in [0.1, 0.15) is 13.3 Å². The number of anilines is 1. The second-order valence-corrected chi connectivity index (χ2v) is 4.35. The minimum Gasteiger partial charge on any atom is -0.480 e. The van der Waals surface area contributed by atoms with Crippen molar-refractivity contribution in [2.24, 2.45) is 5.92 Å². The van der Waals surface area contributed by atoms with Crippen molar-refractivity contribution in [3.63, 3.8) is 0 Å². The number of aromatic nitrogens is 1. The van der Waals surface area contributed by atoms with Crippen molar-refractivity contribution in [3.05, 3.63) is 28.4 Å². The molecule has 1 fully saturated rings. The standard InChI is InChI=1S/C11H13N3O4/c1-7-4-6-13(9(7)11(15)16)10-8(14(17)18)3-2-5-12-10/h2-3,5,7,9H,4,6H2,1H3,(H,15,16). The molecular formula is C11H13N3O4. The quantitative estimate of drug-likeness (QED) is 0.642. The fraction of sp³-hybridized carbons (Fsp3) is 0.455. The zero-order chi connectivity index (χ0) is 13.3. The summed E-state index contributed by atoms with van der Waals surface area (Å²) in [4.78, 5) is 27.1. The summed E-state index contributed by atoms with van der Waals surface area (Å²) in [6.07, 6.45) is 2.12. The average Bonchev–Trinajstić information content (AvgIpc) is 2.71. The van der Waals surface area contributed by atoms with Crippen molar-refractivity contribution in [2.45, 2.75) is 19.4 Å². The van der Waals surface area contributed by atoms with Gasteiger partial charge in [-0.3, -0.25) is 10.1 Å². The van der Waals surface area contributed by atoms with Crippen LogP contribution < -0.4 is 4.90 Å². The Balaban J connectivity index is 2.42. The third-order valence-electron chi connectivity index (χ3n) is 3.19. The van der Waals surface area contributed by atoms with Crippen LogP contribution in [0.5, 0.6) is 0 Å². The second-order valence-electron chi connectivity index (χ2n) is 4.35. The van der Waals surface area contributed by atoms with Crippen LogP contribution in [0.15, 0.2) is 18.3 Å². The molecule has 1 aliphatic heterocycles. The Morgan fingerprint density at radius 2 is 2.39 bits per heavy atom. The zero-order valence-corrected chi connectivity index (χ0v) is 9.81. The summed E-state index contributed by atoms with van der Waals surface area (Å²) in [6, 6.07) is 2.06. The van der Waals surface area contributed by atoms with E-state index in [9.17, 15) is 20.0 Å². The SMILES string of the molecule is CC1CCN(c2ncccc2[N+](=O)[O-])C1C(=O)O. The molecule has 0 aromatic carbocycles. The monoisotopic (exact) mass is 251 g/mol. The molecule has 18 heavy (non-hydrogen) atoms. The molecule has 96 valence electrons. The van der Waals surface area contributed by atoms with Crippen LogP contribution in [0.3, 0.4) is 0 Å². The lowest BCUT2D eigenvalue weighted by Gasteiger charge is -2.23. The van der Waals surface area contributed by atoms with Crippen LogP contribution in [0.4, 0.5) is 11.5 Å². The van der Waals surface area contributed by atoms with E-state index in [2.05, 4.69) is 4.98 Å². The molecule has 1 aromatic heterocycles. The molecular weight excluding hydrogens is 238 g/mol. The lowest BCUT2D eigenvalue weighted by atomic mass is 10.0. The number of nitrogens with zero attached hydrogens (tertiary/aromatic N) is 3. The van der Waals surface area contributed by atoms with Gasteiger partial charge in [-0.25, -0.2) is 9.78 Å². The zero-order valence-electron chi connectivity index (χ0n) is 9.81. The number of carboxylic acids is 1. The number of rotatable bonds is 3. The molecule has 0 amide bonds. The summed E-state index contributed by atoms with van der Waals surface area (Å²) in [7, 11) is 0. The summed E-state index contributed by atoms with van der Waals surface area (Å²) in [5, 5.41) is 20.1. The topological polar surface area (TPSA) is 96.6 Å². The fourth-order valence-corrected chi connectivity index (χ4v) is 2.31. The Morgan fingerprint density at radius 1 is 1.67 bits per heavy atom. The molecule has 0 saturated carbocycles. The first-order valence-corrected chi connectivity index (χ1v) is 5.61. The molecule has 2 heterocycles. The molecule has 1 aromatic rings. The highest BCUT2D eigenvalue weighted by atomic mass is 16.6. The Kier molecular flexibility index (Phi) is 3.14. The normalized spacial score (nSPS) is 23.1. The van der Waals surface area contributed by atoms with E-state index in [0.717, 1.165) is 0 Å². The molecule has 2 atom stereocenters. The first-order valence-electron chi connectivity index (χ1n) is 5.61. The van der Waals surface area contributed by atoms with Crippen LogP contribution >= 0.6 is 0 Å². The van der Waals surface area contributed by atoms with Crippen LogP contribution in [-0.2, 0) is 4.79 Å². The van der Waals surface area contributed by atoms with E-state index >= 15 is 0 Å². The lowest BCUT2D eigenvalue weighted by Crippen LogP contribution is -2.39. The highest BCUT2D eigenvalue weighted by molar-refractivity contribution is 5.80. The molecule has 0 aliphatic carbocycles. The molecule has 0 bridgehead atoms. The molecule has 0 radical (unpaired) electrons. The average molecular weight is 251 g/mol. The Bertz CT molecular complexity index is 491. The van der Waals surface area contributed by atoms with Crippen LogP contribution in [-0.4, -0.2) is 33.6 Å². The number of nitro groups is 1. The maximum absolute atomic E-state index is 11.2. The number of carbonyl (C=O) groups is 1.